The van der Waals surface area contributed by atoms with E-state index < -0.39 is 15.8 Å². The number of hydrogen-bond acceptors (Lipinski definition) is 5. The van der Waals surface area contributed by atoms with Gasteiger partial charge in [-0.1, -0.05) is 0 Å². The number of nitrogens with zero attached hydrogens (tertiary/aromatic N) is 2. The zero-order valence-electron chi connectivity index (χ0n) is 16.3. The lowest BCUT2D eigenvalue weighted by molar-refractivity contribution is -0.0720. The number of anilines is 1. The molecule has 1 N–H and O–H groups in total. The highest BCUT2D eigenvalue weighted by Gasteiger charge is 2.27. The van der Waals surface area contributed by atoms with Gasteiger partial charge in [-0.15, -0.1) is 0 Å². The van der Waals surface area contributed by atoms with Crippen LogP contribution in [0.3, 0.4) is 0 Å². The van der Waals surface area contributed by atoms with E-state index in [2.05, 4.69) is 23.5 Å². The van der Waals surface area contributed by atoms with Crippen LogP contribution in [0.2, 0.25) is 0 Å². The van der Waals surface area contributed by atoms with Gasteiger partial charge in [-0.2, -0.15) is 0 Å². The molecule has 0 spiro atoms. The predicted octanol–water partition coefficient (Wildman–Crippen LogP) is 2.06. The minimum Gasteiger partial charge on any atom is -0.373 e. The summed E-state index contributed by atoms with van der Waals surface area (Å²) in [5.74, 6) is 0.117. The van der Waals surface area contributed by atoms with Crippen LogP contribution in [0.25, 0.3) is 0 Å². The molecule has 8 heteroatoms. The van der Waals surface area contributed by atoms with Gasteiger partial charge in [0.05, 0.1) is 22.8 Å². The zero-order valence-corrected chi connectivity index (χ0v) is 17.1. The number of ether oxygens (including phenoxy) is 1. The highest BCUT2D eigenvalue weighted by Crippen LogP contribution is 2.28. The fraction of sp³-hybridized carbons (Fsp3) is 0.684. The maximum atomic E-state index is 14.5. The maximum Gasteiger partial charge on any atom is 0.240 e. The average molecular weight is 400 g/mol. The second-order valence-corrected chi connectivity index (χ2v) is 9.61. The largest absolute Gasteiger partial charge is 0.373 e. The van der Waals surface area contributed by atoms with Crippen molar-refractivity contribution in [3.8, 4) is 0 Å². The first-order chi connectivity index (χ1) is 12.8. The number of rotatable bonds is 5. The second-order valence-electron chi connectivity index (χ2n) is 7.73. The van der Waals surface area contributed by atoms with Crippen molar-refractivity contribution in [2.24, 2.45) is 5.92 Å². The number of sulfonamides is 1. The normalized spacial score (nSPS) is 25.7. The molecule has 6 nitrogen and oxygen atoms in total. The van der Waals surface area contributed by atoms with Gasteiger partial charge in [0.15, 0.2) is 0 Å². The Morgan fingerprint density at radius 3 is 2.37 bits per heavy atom. The van der Waals surface area contributed by atoms with Crippen LogP contribution in [0.1, 0.15) is 26.7 Å². The van der Waals surface area contributed by atoms with E-state index in [0.717, 1.165) is 51.6 Å². The van der Waals surface area contributed by atoms with E-state index in [-0.39, 0.29) is 17.1 Å². The van der Waals surface area contributed by atoms with Crippen molar-refractivity contribution >= 4 is 15.7 Å². The molecule has 152 valence electrons. The summed E-state index contributed by atoms with van der Waals surface area (Å²) < 4.78 is 46.1. The number of halogens is 1. The van der Waals surface area contributed by atoms with Crippen molar-refractivity contribution in [2.75, 3.05) is 44.7 Å². The summed E-state index contributed by atoms with van der Waals surface area (Å²) >= 11 is 0. The molecular weight excluding hydrogens is 369 g/mol. The van der Waals surface area contributed by atoms with Crippen molar-refractivity contribution in [3.05, 3.63) is 24.0 Å². The van der Waals surface area contributed by atoms with Crippen molar-refractivity contribution < 1.29 is 17.5 Å². The molecule has 0 amide bonds. The lowest BCUT2D eigenvalue weighted by Gasteiger charge is -2.40. The smallest absolute Gasteiger partial charge is 0.240 e. The molecule has 3 rings (SSSR count). The third-order valence-electron chi connectivity index (χ3n) is 5.47. The SMILES string of the molecule is CNS(=O)(=O)c1ccc(N2CCC(CN3CC(C)OC(C)C3)CC2)c(F)c1. The van der Waals surface area contributed by atoms with E-state index in [1.54, 1.807) is 6.07 Å². The molecule has 27 heavy (non-hydrogen) atoms. The van der Waals surface area contributed by atoms with Gasteiger partial charge in [-0.05, 0) is 57.9 Å². The molecule has 2 saturated heterocycles. The molecule has 2 aliphatic rings. The van der Waals surface area contributed by atoms with Crippen LogP contribution in [0.15, 0.2) is 23.1 Å². The van der Waals surface area contributed by atoms with Gasteiger partial charge in [0.1, 0.15) is 5.82 Å². The Hall–Kier alpha value is -1.22. The number of benzene rings is 1. The Labute approximate surface area is 161 Å². The molecule has 0 bridgehead atoms. The van der Waals surface area contributed by atoms with E-state index in [0.29, 0.717) is 11.6 Å². The molecule has 0 saturated carbocycles. The van der Waals surface area contributed by atoms with Gasteiger partial charge in [0.2, 0.25) is 10.0 Å². The minimum absolute atomic E-state index is 0.0447. The van der Waals surface area contributed by atoms with Crippen LogP contribution in [0, 0.1) is 11.7 Å². The molecule has 1 aromatic rings. The lowest BCUT2D eigenvalue weighted by Crippen LogP contribution is -2.48. The van der Waals surface area contributed by atoms with Gasteiger partial charge in [0, 0.05) is 32.7 Å². The molecule has 0 aliphatic carbocycles. The van der Waals surface area contributed by atoms with Gasteiger partial charge < -0.3 is 9.64 Å². The lowest BCUT2D eigenvalue weighted by atomic mass is 9.95. The summed E-state index contributed by atoms with van der Waals surface area (Å²) in [5, 5.41) is 0. The van der Waals surface area contributed by atoms with Crippen molar-refractivity contribution in [2.45, 2.75) is 43.8 Å². The van der Waals surface area contributed by atoms with E-state index in [1.807, 2.05) is 4.90 Å². The molecule has 0 radical (unpaired) electrons. The van der Waals surface area contributed by atoms with Gasteiger partial charge in [-0.3, -0.25) is 4.90 Å². The quantitative estimate of drug-likeness (QED) is 0.821. The predicted molar refractivity (Wildman–Crippen MR) is 104 cm³/mol. The Balaban J connectivity index is 1.58. The van der Waals surface area contributed by atoms with E-state index in [4.69, 9.17) is 4.74 Å². The molecule has 2 aliphatic heterocycles. The summed E-state index contributed by atoms with van der Waals surface area (Å²) in [7, 11) is -2.31. The fourth-order valence-electron chi connectivity index (χ4n) is 4.18. The summed E-state index contributed by atoms with van der Waals surface area (Å²) in [6.07, 6.45) is 2.57. The third-order valence-corrected chi connectivity index (χ3v) is 6.88. The third kappa shape index (κ3) is 4.99. The first kappa shape index (κ1) is 20.5. The van der Waals surface area contributed by atoms with Gasteiger partial charge in [-0.25, -0.2) is 17.5 Å². The number of morpholine rings is 1. The van der Waals surface area contributed by atoms with Crippen molar-refractivity contribution in [1.29, 1.82) is 0 Å². The maximum absolute atomic E-state index is 14.5. The monoisotopic (exact) mass is 399 g/mol. The molecule has 2 heterocycles. The van der Waals surface area contributed by atoms with E-state index in [9.17, 15) is 12.8 Å². The Bertz CT molecular complexity index is 741. The van der Waals surface area contributed by atoms with Gasteiger partial charge in [0.25, 0.3) is 0 Å². The Morgan fingerprint density at radius 2 is 1.81 bits per heavy atom. The van der Waals surface area contributed by atoms with Crippen LogP contribution in [-0.2, 0) is 14.8 Å². The Kier molecular flexibility index (Phi) is 6.40. The van der Waals surface area contributed by atoms with Crippen LogP contribution in [0.4, 0.5) is 10.1 Å². The summed E-state index contributed by atoms with van der Waals surface area (Å²) in [5.41, 5.74) is 0.483. The molecule has 2 fully saturated rings. The molecule has 2 atom stereocenters. The number of nitrogens with one attached hydrogen (secondary N) is 1. The highest BCUT2D eigenvalue weighted by atomic mass is 32.2. The van der Waals surface area contributed by atoms with Gasteiger partial charge >= 0.3 is 0 Å². The highest BCUT2D eigenvalue weighted by molar-refractivity contribution is 7.89. The first-order valence-electron chi connectivity index (χ1n) is 9.64. The summed E-state index contributed by atoms with van der Waals surface area (Å²) in [6.45, 7) is 8.82. The van der Waals surface area contributed by atoms with Crippen LogP contribution < -0.4 is 9.62 Å². The van der Waals surface area contributed by atoms with Crippen molar-refractivity contribution in [3.63, 3.8) is 0 Å². The number of piperidine rings is 1. The number of hydrogen-bond donors (Lipinski definition) is 1. The topological polar surface area (TPSA) is 61.9 Å². The first-order valence-corrected chi connectivity index (χ1v) is 11.1. The van der Waals surface area contributed by atoms with Crippen LogP contribution >= 0.6 is 0 Å². The summed E-state index contributed by atoms with van der Waals surface area (Å²) in [6, 6.07) is 4.14. The Morgan fingerprint density at radius 1 is 1.19 bits per heavy atom. The molecule has 2 unspecified atom stereocenters. The standard InChI is InChI=1S/C19H30FN3O3S/c1-14-11-22(12-15(2)26-14)13-16-6-8-23(9-7-16)19-5-4-17(10-18(19)20)27(24,25)21-3/h4-5,10,14-16,21H,6-9,11-13H2,1-3H3. The molecule has 1 aromatic carbocycles. The van der Waals surface area contributed by atoms with Crippen LogP contribution in [-0.4, -0.2) is 65.3 Å². The molecule has 0 aromatic heterocycles. The minimum atomic E-state index is -3.63. The second kappa shape index (κ2) is 8.43. The average Bonchev–Trinajstić information content (AvgIpc) is 2.61. The van der Waals surface area contributed by atoms with E-state index in [1.165, 1.54) is 13.1 Å². The van der Waals surface area contributed by atoms with E-state index >= 15 is 0 Å². The van der Waals surface area contributed by atoms with Crippen molar-refractivity contribution in [1.82, 2.24) is 9.62 Å². The molecular formula is C19H30FN3O3S. The van der Waals surface area contributed by atoms with Crippen LogP contribution in [0.5, 0.6) is 0 Å². The zero-order chi connectivity index (χ0) is 19.6. The summed E-state index contributed by atoms with van der Waals surface area (Å²) in [4.78, 5) is 4.46. The fourth-order valence-corrected chi connectivity index (χ4v) is 4.93.